The highest BCUT2D eigenvalue weighted by Crippen LogP contribution is 2.38. The molecule has 2 heterocycles. The number of aromatic nitrogens is 2. The third-order valence-corrected chi connectivity index (χ3v) is 4.94. The lowest BCUT2D eigenvalue weighted by molar-refractivity contribution is 0.604. The van der Waals surface area contributed by atoms with Crippen molar-refractivity contribution in [2.45, 2.75) is 25.2 Å². The zero-order valence-electron chi connectivity index (χ0n) is 10.5. The summed E-state index contributed by atoms with van der Waals surface area (Å²) in [6.45, 7) is 0. The van der Waals surface area contributed by atoms with Crippen molar-refractivity contribution in [2.24, 2.45) is 0 Å². The van der Waals surface area contributed by atoms with Crippen molar-refractivity contribution in [1.82, 2.24) is 9.97 Å². The van der Waals surface area contributed by atoms with E-state index in [9.17, 15) is 0 Å². The van der Waals surface area contributed by atoms with E-state index < -0.39 is 0 Å². The average Bonchev–Trinajstić information content (AvgIpc) is 3.05. The molecule has 96 valence electrons. The standard InChI is InChI=1S/C15H15N3S/c16-11-4-2-5-12-14(11)18-15(17-12)10-3-1-6-13-9(10)7-8-19-13/h2,4-5,7-8,10H,1,3,6,16H2,(H,17,18). The number of nitrogens with zero attached hydrogens (tertiary/aromatic N) is 1. The van der Waals surface area contributed by atoms with Gasteiger partial charge in [-0.25, -0.2) is 4.98 Å². The maximum absolute atomic E-state index is 5.99. The molecule has 1 aromatic carbocycles. The number of aryl methyl sites for hydroxylation is 1. The molecular weight excluding hydrogens is 254 g/mol. The molecule has 0 saturated carbocycles. The van der Waals surface area contributed by atoms with E-state index in [1.54, 1.807) is 0 Å². The van der Waals surface area contributed by atoms with E-state index in [4.69, 9.17) is 10.7 Å². The Morgan fingerprint density at radius 3 is 3.16 bits per heavy atom. The molecule has 0 saturated heterocycles. The van der Waals surface area contributed by atoms with Crippen molar-refractivity contribution in [3.8, 4) is 0 Å². The molecule has 3 nitrogen and oxygen atoms in total. The number of thiophene rings is 1. The van der Waals surface area contributed by atoms with Gasteiger partial charge in [0, 0.05) is 10.8 Å². The minimum atomic E-state index is 0.404. The number of nitrogens with one attached hydrogen (secondary N) is 1. The number of nitrogens with two attached hydrogens (primary N) is 1. The van der Waals surface area contributed by atoms with Crippen LogP contribution in [0.4, 0.5) is 5.69 Å². The Hall–Kier alpha value is -1.81. The molecule has 1 atom stereocenters. The Morgan fingerprint density at radius 1 is 1.32 bits per heavy atom. The number of nitrogen functional groups attached to an aromatic ring is 1. The van der Waals surface area contributed by atoms with Crippen LogP contribution in [0.5, 0.6) is 0 Å². The van der Waals surface area contributed by atoms with Gasteiger partial charge in [0.15, 0.2) is 0 Å². The van der Waals surface area contributed by atoms with Crippen molar-refractivity contribution >= 4 is 28.1 Å². The van der Waals surface area contributed by atoms with E-state index >= 15 is 0 Å². The minimum absolute atomic E-state index is 0.404. The third kappa shape index (κ3) is 1.67. The first kappa shape index (κ1) is 11.1. The number of aromatic amines is 1. The molecule has 19 heavy (non-hydrogen) atoms. The van der Waals surface area contributed by atoms with Gasteiger partial charge in [-0.15, -0.1) is 11.3 Å². The number of fused-ring (bicyclic) bond motifs is 2. The lowest BCUT2D eigenvalue weighted by atomic mass is 9.87. The smallest absolute Gasteiger partial charge is 0.114 e. The molecule has 0 spiro atoms. The first-order valence-electron chi connectivity index (χ1n) is 6.63. The molecule has 0 amide bonds. The van der Waals surface area contributed by atoms with Crippen LogP contribution in [-0.2, 0) is 6.42 Å². The lowest BCUT2D eigenvalue weighted by Gasteiger charge is -2.20. The van der Waals surface area contributed by atoms with Crippen LogP contribution < -0.4 is 5.73 Å². The van der Waals surface area contributed by atoms with Crippen LogP contribution in [0.2, 0.25) is 0 Å². The van der Waals surface area contributed by atoms with Gasteiger partial charge >= 0.3 is 0 Å². The van der Waals surface area contributed by atoms with Crippen molar-refractivity contribution in [3.05, 3.63) is 45.9 Å². The summed E-state index contributed by atoms with van der Waals surface area (Å²) in [7, 11) is 0. The van der Waals surface area contributed by atoms with Crippen LogP contribution in [0.25, 0.3) is 11.0 Å². The fourth-order valence-corrected chi connectivity index (χ4v) is 4.00. The molecule has 1 aliphatic rings. The molecule has 3 N–H and O–H groups in total. The van der Waals surface area contributed by atoms with E-state index in [-0.39, 0.29) is 0 Å². The van der Waals surface area contributed by atoms with Gasteiger partial charge in [-0.05, 0) is 48.4 Å². The SMILES string of the molecule is Nc1cccc2[nH]c(C3CCCc4sccc43)nc12. The van der Waals surface area contributed by atoms with Crippen LogP contribution in [0.3, 0.4) is 0 Å². The second-order valence-corrected chi connectivity index (χ2v) is 6.11. The quantitative estimate of drug-likeness (QED) is 0.662. The first-order chi connectivity index (χ1) is 9.33. The van der Waals surface area contributed by atoms with Gasteiger partial charge in [0.25, 0.3) is 0 Å². The molecule has 4 heteroatoms. The Kier molecular flexibility index (Phi) is 2.38. The maximum atomic E-state index is 5.99. The number of hydrogen-bond donors (Lipinski definition) is 2. The number of imidazole rings is 1. The highest BCUT2D eigenvalue weighted by Gasteiger charge is 2.25. The van der Waals surface area contributed by atoms with Crippen LogP contribution in [0.1, 0.15) is 35.0 Å². The highest BCUT2D eigenvalue weighted by molar-refractivity contribution is 7.10. The van der Waals surface area contributed by atoms with Crippen LogP contribution >= 0.6 is 11.3 Å². The Bertz CT molecular complexity index is 741. The van der Waals surface area contributed by atoms with Gasteiger partial charge < -0.3 is 10.7 Å². The zero-order chi connectivity index (χ0) is 12.8. The summed E-state index contributed by atoms with van der Waals surface area (Å²) in [4.78, 5) is 9.71. The molecule has 2 aromatic heterocycles. The second kappa shape index (κ2) is 4.10. The monoisotopic (exact) mass is 269 g/mol. The van der Waals surface area contributed by atoms with Gasteiger partial charge in [0.2, 0.25) is 0 Å². The maximum Gasteiger partial charge on any atom is 0.114 e. The first-order valence-corrected chi connectivity index (χ1v) is 7.51. The van der Waals surface area contributed by atoms with Gasteiger partial charge in [-0.3, -0.25) is 0 Å². The summed E-state index contributed by atoms with van der Waals surface area (Å²) in [6, 6.07) is 8.17. The summed E-state index contributed by atoms with van der Waals surface area (Å²) < 4.78 is 0. The van der Waals surface area contributed by atoms with Crippen molar-refractivity contribution in [2.75, 3.05) is 5.73 Å². The van der Waals surface area contributed by atoms with Gasteiger partial charge in [-0.2, -0.15) is 0 Å². The summed E-state index contributed by atoms with van der Waals surface area (Å²) in [5.41, 5.74) is 10.1. The van der Waals surface area contributed by atoms with E-state index in [2.05, 4.69) is 16.4 Å². The molecule has 3 aromatic rings. The largest absolute Gasteiger partial charge is 0.397 e. The number of para-hydroxylation sites is 1. The van der Waals surface area contributed by atoms with Crippen molar-refractivity contribution in [3.63, 3.8) is 0 Å². The van der Waals surface area contributed by atoms with Crippen molar-refractivity contribution < 1.29 is 0 Å². The van der Waals surface area contributed by atoms with Crippen LogP contribution in [0.15, 0.2) is 29.6 Å². The Labute approximate surface area is 115 Å². The molecule has 1 unspecified atom stereocenters. The normalized spacial score (nSPS) is 18.6. The fourth-order valence-electron chi connectivity index (χ4n) is 3.01. The number of hydrogen-bond acceptors (Lipinski definition) is 3. The number of H-pyrrole nitrogens is 1. The van der Waals surface area contributed by atoms with E-state index in [0.29, 0.717) is 5.92 Å². The average molecular weight is 269 g/mol. The predicted octanol–water partition coefficient (Wildman–Crippen LogP) is 3.67. The summed E-state index contributed by atoms with van der Waals surface area (Å²) in [6.07, 6.45) is 3.63. The van der Waals surface area contributed by atoms with Gasteiger partial charge in [-0.1, -0.05) is 6.07 Å². The molecule has 0 fully saturated rings. The molecule has 0 aliphatic heterocycles. The minimum Gasteiger partial charge on any atom is -0.397 e. The molecule has 0 radical (unpaired) electrons. The molecule has 0 bridgehead atoms. The summed E-state index contributed by atoms with van der Waals surface area (Å²) in [5.74, 6) is 1.47. The van der Waals surface area contributed by atoms with Crippen molar-refractivity contribution in [1.29, 1.82) is 0 Å². The zero-order valence-corrected chi connectivity index (χ0v) is 11.3. The van der Waals surface area contributed by atoms with E-state index in [0.717, 1.165) is 22.5 Å². The van der Waals surface area contributed by atoms with Gasteiger partial charge in [0.05, 0.1) is 11.2 Å². The number of rotatable bonds is 1. The topological polar surface area (TPSA) is 54.7 Å². The Balaban J connectivity index is 1.86. The molecular formula is C15H15N3S. The predicted molar refractivity (Wildman–Crippen MR) is 79.6 cm³/mol. The van der Waals surface area contributed by atoms with Crippen LogP contribution in [0, 0.1) is 0 Å². The van der Waals surface area contributed by atoms with Gasteiger partial charge in [0.1, 0.15) is 11.3 Å². The van der Waals surface area contributed by atoms with E-state index in [1.165, 1.54) is 29.7 Å². The lowest BCUT2D eigenvalue weighted by Crippen LogP contribution is -2.09. The number of anilines is 1. The Morgan fingerprint density at radius 2 is 2.26 bits per heavy atom. The molecule has 4 rings (SSSR count). The summed E-state index contributed by atoms with van der Waals surface area (Å²) >= 11 is 1.87. The third-order valence-electron chi connectivity index (χ3n) is 3.94. The van der Waals surface area contributed by atoms with Crippen LogP contribution in [-0.4, -0.2) is 9.97 Å². The summed E-state index contributed by atoms with van der Waals surface area (Å²) in [5, 5.41) is 2.19. The number of benzene rings is 1. The molecule has 1 aliphatic carbocycles. The highest BCUT2D eigenvalue weighted by atomic mass is 32.1. The second-order valence-electron chi connectivity index (χ2n) is 5.11. The fraction of sp³-hybridized carbons (Fsp3) is 0.267. The van der Waals surface area contributed by atoms with E-state index in [1.807, 2.05) is 29.5 Å².